The van der Waals surface area contributed by atoms with Crippen molar-refractivity contribution < 1.29 is 23.5 Å². The van der Waals surface area contributed by atoms with Crippen LogP contribution in [-0.4, -0.2) is 41.0 Å². The van der Waals surface area contributed by atoms with Crippen LogP contribution in [0.1, 0.15) is 6.92 Å². The molecule has 4 rings (SSSR count). The molecule has 0 spiro atoms. The van der Waals surface area contributed by atoms with Gasteiger partial charge >= 0.3 is 0 Å². The third kappa shape index (κ3) is 4.90. The van der Waals surface area contributed by atoms with Gasteiger partial charge in [0.25, 0.3) is 5.22 Å². The molecule has 10 heteroatoms. The van der Waals surface area contributed by atoms with E-state index in [1.807, 2.05) is 6.07 Å². The molecule has 2 heterocycles. The summed E-state index contributed by atoms with van der Waals surface area (Å²) in [7, 11) is 0. The third-order valence-corrected chi connectivity index (χ3v) is 4.83. The van der Waals surface area contributed by atoms with Gasteiger partial charge in [0, 0.05) is 23.9 Å². The molecule has 0 fully saturated rings. The number of aromatic nitrogens is 2. The molecule has 9 nitrogen and oxygen atoms in total. The first-order chi connectivity index (χ1) is 14.6. The van der Waals surface area contributed by atoms with E-state index in [9.17, 15) is 9.59 Å². The molecule has 0 bridgehead atoms. The normalized spacial score (nSPS) is 12.3. The Hall–Kier alpha value is -3.53. The van der Waals surface area contributed by atoms with Crippen LogP contribution in [0.25, 0.3) is 11.5 Å². The second-order valence-electron chi connectivity index (χ2n) is 6.33. The number of ether oxygens (including phenoxy) is 2. The minimum absolute atomic E-state index is 0.107. The van der Waals surface area contributed by atoms with E-state index in [0.717, 1.165) is 11.8 Å². The molecule has 0 aliphatic carbocycles. The number of benzene rings is 2. The first-order valence-electron chi connectivity index (χ1n) is 9.11. The predicted molar refractivity (Wildman–Crippen MR) is 111 cm³/mol. The van der Waals surface area contributed by atoms with Crippen molar-refractivity contribution >= 4 is 35.0 Å². The van der Waals surface area contributed by atoms with E-state index < -0.39 is 0 Å². The number of hydrogen-bond acceptors (Lipinski definition) is 8. The van der Waals surface area contributed by atoms with Crippen LogP contribution in [0.5, 0.6) is 11.5 Å². The monoisotopic (exact) mass is 426 g/mol. The Morgan fingerprint density at radius 3 is 2.40 bits per heavy atom. The van der Waals surface area contributed by atoms with Gasteiger partial charge in [-0.15, -0.1) is 10.2 Å². The topological polar surface area (TPSA) is 116 Å². The van der Waals surface area contributed by atoms with E-state index in [0.29, 0.717) is 47.5 Å². The summed E-state index contributed by atoms with van der Waals surface area (Å²) in [5, 5.41) is 13.7. The molecule has 2 amide bonds. The zero-order chi connectivity index (χ0) is 20.9. The molecule has 3 aromatic rings. The Bertz CT molecular complexity index is 1070. The molecule has 0 saturated carbocycles. The van der Waals surface area contributed by atoms with E-state index in [1.165, 1.54) is 6.92 Å². The molecule has 1 aromatic heterocycles. The van der Waals surface area contributed by atoms with Gasteiger partial charge in [-0.2, -0.15) is 0 Å². The van der Waals surface area contributed by atoms with Crippen molar-refractivity contribution in [3.63, 3.8) is 0 Å². The number of thioether (sulfide) groups is 1. The molecule has 0 radical (unpaired) electrons. The van der Waals surface area contributed by atoms with Crippen LogP contribution in [0.3, 0.4) is 0 Å². The average Bonchev–Trinajstić information content (AvgIpc) is 3.22. The quantitative estimate of drug-likeness (QED) is 0.578. The van der Waals surface area contributed by atoms with E-state index in [1.54, 1.807) is 36.4 Å². The number of carbonyl (C=O) groups is 2. The highest BCUT2D eigenvalue weighted by molar-refractivity contribution is 7.99. The highest BCUT2D eigenvalue weighted by Crippen LogP contribution is 2.34. The lowest BCUT2D eigenvalue weighted by Gasteiger charge is -2.18. The lowest BCUT2D eigenvalue weighted by molar-refractivity contribution is -0.114. The fourth-order valence-corrected chi connectivity index (χ4v) is 3.29. The Balaban J connectivity index is 1.32. The zero-order valence-electron chi connectivity index (χ0n) is 16.0. The summed E-state index contributed by atoms with van der Waals surface area (Å²) < 4.78 is 16.7. The van der Waals surface area contributed by atoms with Gasteiger partial charge in [0.1, 0.15) is 13.2 Å². The summed E-state index contributed by atoms with van der Waals surface area (Å²) in [4.78, 5) is 23.2. The number of amides is 2. The molecule has 30 heavy (non-hydrogen) atoms. The van der Waals surface area contributed by atoms with Gasteiger partial charge in [-0.05, 0) is 42.5 Å². The smallest absolute Gasteiger partial charge is 0.277 e. The van der Waals surface area contributed by atoms with Crippen LogP contribution in [0.2, 0.25) is 0 Å². The summed E-state index contributed by atoms with van der Waals surface area (Å²) in [5.74, 6) is 1.39. The first kappa shape index (κ1) is 19.8. The third-order valence-electron chi connectivity index (χ3n) is 4.01. The first-order valence-corrected chi connectivity index (χ1v) is 10.1. The van der Waals surface area contributed by atoms with Gasteiger partial charge < -0.3 is 24.5 Å². The summed E-state index contributed by atoms with van der Waals surface area (Å²) in [5.41, 5.74) is 1.99. The molecule has 0 atom stereocenters. The van der Waals surface area contributed by atoms with Gasteiger partial charge in [0.15, 0.2) is 11.5 Å². The lowest BCUT2D eigenvalue weighted by Crippen LogP contribution is -2.15. The molecule has 1 aliphatic heterocycles. The van der Waals surface area contributed by atoms with Gasteiger partial charge in [-0.25, -0.2) is 0 Å². The van der Waals surface area contributed by atoms with Crippen LogP contribution in [0, 0.1) is 0 Å². The SMILES string of the molecule is CC(=O)Nc1ccc(NC(=O)CSc2nnc(-c3ccc4c(c3)OCCO4)o2)cc1. The van der Waals surface area contributed by atoms with Crippen LogP contribution < -0.4 is 20.1 Å². The minimum Gasteiger partial charge on any atom is -0.486 e. The summed E-state index contributed by atoms with van der Waals surface area (Å²) >= 11 is 1.14. The molecular formula is C20H18N4O5S. The number of fused-ring (bicyclic) bond motifs is 1. The predicted octanol–water partition coefficient (Wildman–Crippen LogP) is 3.20. The van der Waals surface area contributed by atoms with Gasteiger partial charge in [0.05, 0.1) is 5.75 Å². The fraction of sp³-hybridized carbons (Fsp3) is 0.200. The summed E-state index contributed by atoms with van der Waals surface area (Å²) in [6.07, 6.45) is 0. The van der Waals surface area contributed by atoms with E-state index in [4.69, 9.17) is 13.9 Å². The van der Waals surface area contributed by atoms with Crippen LogP contribution >= 0.6 is 11.8 Å². The van der Waals surface area contributed by atoms with Crippen molar-refractivity contribution in [3.8, 4) is 23.0 Å². The second kappa shape index (κ2) is 8.87. The van der Waals surface area contributed by atoms with Crippen LogP contribution in [0.4, 0.5) is 11.4 Å². The maximum Gasteiger partial charge on any atom is 0.277 e. The standard InChI is InChI=1S/C20H18N4O5S/c1-12(25)21-14-3-5-15(6-4-14)22-18(26)11-30-20-24-23-19(29-20)13-2-7-16-17(10-13)28-9-8-27-16/h2-7,10H,8-9,11H2,1H3,(H,21,25)(H,22,26). The van der Waals surface area contributed by atoms with Gasteiger partial charge in [-0.1, -0.05) is 11.8 Å². The molecule has 1 aliphatic rings. The van der Waals surface area contributed by atoms with Crippen molar-refractivity contribution in [2.75, 3.05) is 29.6 Å². The van der Waals surface area contributed by atoms with Crippen molar-refractivity contribution in [2.45, 2.75) is 12.1 Å². The molecule has 0 unspecified atom stereocenters. The van der Waals surface area contributed by atoms with Gasteiger partial charge in [0.2, 0.25) is 17.7 Å². The van der Waals surface area contributed by atoms with Crippen LogP contribution in [-0.2, 0) is 9.59 Å². The Labute approximate surface area is 176 Å². The van der Waals surface area contributed by atoms with E-state index in [-0.39, 0.29) is 22.8 Å². The van der Waals surface area contributed by atoms with Gasteiger partial charge in [-0.3, -0.25) is 9.59 Å². The molecule has 0 saturated heterocycles. The number of nitrogens with zero attached hydrogens (tertiary/aromatic N) is 2. The molecule has 2 N–H and O–H groups in total. The lowest BCUT2D eigenvalue weighted by atomic mass is 10.2. The fourth-order valence-electron chi connectivity index (χ4n) is 2.73. The maximum atomic E-state index is 12.2. The van der Waals surface area contributed by atoms with Crippen molar-refractivity contribution in [1.29, 1.82) is 0 Å². The number of hydrogen-bond donors (Lipinski definition) is 2. The van der Waals surface area contributed by atoms with Crippen molar-refractivity contribution in [2.24, 2.45) is 0 Å². The molecule has 154 valence electrons. The van der Waals surface area contributed by atoms with Crippen molar-refractivity contribution in [3.05, 3.63) is 42.5 Å². The zero-order valence-corrected chi connectivity index (χ0v) is 16.8. The number of anilines is 2. The highest BCUT2D eigenvalue weighted by Gasteiger charge is 2.16. The number of rotatable bonds is 6. The number of carbonyl (C=O) groups excluding carboxylic acids is 2. The summed E-state index contributed by atoms with van der Waals surface area (Å²) in [6, 6.07) is 12.2. The Morgan fingerprint density at radius 2 is 1.67 bits per heavy atom. The largest absolute Gasteiger partial charge is 0.486 e. The van der Waals surface area contributed by atoms with E-state index in [2.05, 4.69) is 20.8 Å². The maximum absolute atomic E-state index is 12.2. The summed E-state index contributed by atoms with van der Waals surface area (Å²) in [6.45, 7) is 2.45. The highest BCUT2D eigenvalue weighted by atomic mass is 32.2. The van der Waals surface area contributed by atoms with Crippen LogP contribution in [0.15, 0.2) is 52.1 Å². The second-order valence-corrected chi connectivity index (χ2v) is 7.25. The Morgan fingerprint density at radius 1 is 0.967 bits per heavy atom. The minimum atomic E-state index is -0.216. The molecule has 2 aromatic carbocycles. The van der Waals surface area contributed by atoms with Crippen molar-refractivity contribution in [1.82, 2.24) is 10.2 Å². The number of nitrogens with one attached hydrogen (secondary N) is 2. The van der Waals surface area contributed by atoms with E-state index >= 15 is 0 Å². The average molecular weight is 426 g/mol. The molecular weight excluding hydrogens is 408 g/mol. The Kier molecular flexibility index (Phi) is 5.84.